The Labute approximate surface area is 137 Å². The van der Waals surface area contributed by atoms with Crippen molar-refractivity contribution in [3.8, 4) is 0 Å². The first-order valence-electron chi connectivity index (χ1n) is 7.34. The highest BCUT2D eigenvalue weighted by atomic mass is 19.4. The van der Waals surface area contributed by atoms with Gasteiger partial charge < -0.3 is 15.6 Å². The average molecular weight is 365 g/mol. The number of nitrogens with two attached hydrogens (primary N) is 1. The number of rotatable bonds is 3. The number of nitrogens with zero attached hydrogens (tertiary/aromatic N) is 4. The molecule has 4 atom stereocenters. The quantitative estimate of drug-likeness (QED) is 0.772. The second-order valence-corrected chi connectivity index (χ2v) is 5.84. The molecule has 0 aromatic carbocycles. The zero-order valence-electron chi connectivity index (χ0n) is 12.9. The number of hydrogen-bond acceptors (Lipinski definition) is 6. The highest BCUT2D eigenvalue weighted by molar-refractivity contribution is 5.72. The second kappa shape index (κ2) is 5.95. The van der Waals surface area contributed by atoms with Crippen LogP contribution in [0.25, 0.3) is 11.2 Å². The Morgan fingerprint density at radius 1 is 1.44 bits per heavy atom. The van der Waals surface area contributed by atoms with Crippen LogP contribution in [0.1, 0.15) is 13.2 Å². The molecule has 1 aliphatic rings. The minimum absolute atomic E-state index is 0.190. The molecular weight excluding hydrogens is 350 g/mol. The van der Waals surface area contributed by atoms with Crippen LogP contribution in [-0.4, -0.2) is 49.3 Å². The van der Waals surface area contributed by atoms with E-state index < -0.39 is 49.4 Å². The largest absolute Gasteiger partial charge is 0.406 e. The number of anilines is 1. The lowest BCUT2D eigenvalue weighted by Crippen LogP contribution is -2.33. The van der Waals surface area contributed by atoms with Crippen LogP contribution >= 0.6 is 0 Å². The van der Waals surface area contributed by atoms with Crippen LogP contribution in [0, 0.1) is 5.92 Å². The van der Waals surface area contributed by atoms with Crippen LogP contribution in [0.2, 0.25) is 0 Å². The molecule has 0 radical (unpaired) electrons. The van der Waals surface area contributed by atoms with Gasteiger partial charge in [-0.25, -0.2) is 18.7 Å². The van der Waals surface area contributed by atoms with Crippen molar-refractivity contribution < 1.29 is 27.4 Å². The van der Waals surface area contributed by atoms with Crippen molar-refractivity contribution in [3.05, 3.63) is 16.7 Å². The van der Waals surface area contributed by atoms with Gasteiger partial charge in [-0.3, -0.25) is 4.57 Å². The van der Waals surface area contributed by atoms with Gasteiger partial charge in [0.25, 0.3) is 0 Å². The van der Waals surface area contributed by atoms with Gasteiger partial charge in [0.05, 0.1) is 12.8 Å². The minimum Gasteiger partial charge on any atom is -0.394 e. The first-order valence-corrected chi connectivity index (χ1v) is 7.34. The molecular formula is C13H15F4N5O3. The fraction of sp³-hybridized carbons (Fsp3) is 0.615. The standard InChI is InChI=1S/C13H15F4N5O3/c1-5-8(14)7(3-23)25-10(5)22-9-6(2-19-11(18)20-9)21(12(22)24)4-13(15,16)17/h2,5,7-8,10,23H,3-4H2,1H3,(H2,18,19,20)/t5-,7-,8+,10-/m1/s1. The number of halogens is 4. The summed E-state index contributed by atoms with van der Waals surface area (Å²) in [6.45, 7) is -0.768. The van der Waals surface area contributed by atoms with Gasteiger partial charge in [0.15, 0.2) is 5.65 Å². The summed E-state index contributed by atoms with van der Waals surface area (Å²) in [5.41, 5.74) is 4.01. The third-order valence-electron chi connectivity index (χ3n) is 4.12. The predicted octanol–water partition coefficient (Wildman–Crippen LogP) is 0.601. The van der Waals surface area contributed by atoms with E-state index in [9.17, 15) is 22.4 Å². The van der Waals surface area contributed by atoms with Crippen LogP contribution in [0.5, 0.6) is 0 Å². The third kappa shape index (κ3) is 2.95. The topological polar surface area (TPSA) is 108 Å². The van der Waals surface area contributed by atoms with E-state index in [4.69, 9.17) is 15.6 Å². The van der Waals surface area contributed by atoms with E-state index >= 15 is 0 Å². The molecule has 0 aliphatic carbocycles. The molecule has 25 heavy (non-hydrogen) atoms. The van der Waals surface area contributed by atoms with E-state index in [1.165, 1.54) is 6.92 Å². The van der Waals surface area contributed by atoms with Crippen LogP contribution < -0.4 is 11.4 Å². The number of ether oxygens (including phenoxy) is 1. The molecule has 1 fully saturated rings. The molecule has 2 aromatic rings. The Morgan fingerprint density at radius 3 is 2.68 bits per heavy atom. The fourth-order valence-corrected chi connectivity index (χ4v) is 2.95. The molecule has 0 saturated carbocycles. The summed E-state index contributed by atoms with van der Waals surface area (Å²) >= 11 is 0. The molecule has 3 N–H and O–H groups in total. The molecule has 1 aliphatic heterocycles. The van der Waals surface area contributed by atoms with E-state index in [-0.39, 0.29) is 17.1 Å². The summed E-state index contributed by atoms with van der Waals surface area (Å²) in [4.78, 5) is 20.0. The summed E-state index contributed by atoms with van der Waals surface area (Å²) in [7, 11) is 0. The maximum Gasteiger partial charge on any atom is 0.406 e. The van der Waals surface area contributed by atoms with Crippen molar-refractivity contribution in [2.75, 3.05) is 12.3 Å². The van der Waals surface area contributed by atoms with E-state index in [0.717, 1.165) is 10.8 Å². The first-order chi connectivity index (χ1) is 11.6. The summed E-state index contributed by atoms with van der Waals surface area (Å²) in [6, 6.07) is 0. The van der Waals surface area contributed by atoms with Crippen molar-refractivity contribution in [2.45, 2.75) is 38.1 Å². The van der Waals surface area contributed by atoms with Gasteiger partial charge in [-0.15, -0.1) is 0 Å². The molecule has 3 heterocycles. The normalized spacial score (nSPS) is 27.3. The molecule has 0 bridgehead atoms. The SMILES string of the molecule is C[C@@H]1[C@H](F)[C@@H](CO)O[C@H]1n1c(=O)n(CC(F)(F)F)c2cnc(N)nc21. The Kier molecular flexibility index (Phi) is 4.19. The molecule has 12 heteroatoms. The number of alkyl halides is 4. The maximum atomic E-state index is 14.2. The Morgan fingerprint density at radius 2 is 2.12 bits per heavy atom. The number of imidazole rings is 1. The van der Waals surface area contributed by atoms with Crippen molar-refractivity contribution in [2.24, 2.45) is 5.92 Å². The molecule has 2 aromatic heterocycles. The lowest BCUT2D eigenvalue weighted by atomic mass is 10.0. The lowest BCUT2D eigenvalue weighted by Gasteiger charge is -2.16. The predicted molar refractivity (Wildman–Crippen MR) is 77.3 cm³/mol. The Balaban J connectivity index is 2.20. The van der Waals surface area contributed by atoms with E-state index in [1.807, 2.05) is 0 Å². The Bertz CT molecular complexity index is 849. The highest BCUT2D eigenvalue weighted by Gasteiger charge is 2.45. The lowest BCUT2D eigenvalue weighted by molar-refractivity contribution is -0.140. The van der Waals surface area contributed by atoms with Crippen molar-refractivity contribution >= 4 is 17.1 Å². The smallest absolute Gasteiger partial charge is 0.394 e. The molecule has 0 unspecified atom stereocenters. The maximum absolute atomic E-state index is 14.2. The van der Waals surface area contributed by atoms with Gasteiger partial charge in [-0.1, -0.05) is 6.92 Å². The third-order valence-corrected chi connectivity index (χ3v) is 4.12. The van der Waals surface area contributed by atoms with Gasteiger partial charge in [0.2, 0.25) is 5.95 Å². The van der Waals surface area contributed by atoms with E-state index in [0.29, 0.717) is 4.57 Å². The van der Waals surface area contributed by atoms with Crippen LogP contribution in [-0.2, 0) is 11.3 Å². The summed E-state index contributed by atoms with van der Waals surface area (Å²) in [5, 5.41) is 9.15. The number of hydrogen-bond donors (Lipinski definition) is 2. The molecule has 8 nitrogen and oxygen atoms in total. The Hall–Kier alpha value is -2.21. The number of aromatic nitrogens is 4. The van der Waals surface area contributed by atoms with Crippen molar-refractivity contribution in [1.82, 2.24) is 19.1 Å². The fourth-order valence-electron chi connectivity index (χ4n) is 2.95. The minimum atomic E-state index is -4.66. The summed E-state index contributed by atoms with van der Waals surface area (Å²) < 4.78 is 59.2. The zero-order valence-corrected chi connectivity index (χ0v) is 12.9. The summed E-state index contributed by atoms with van der Waals surface area (Å²) in [5.74, 6) is -1.15. The molecule has 0 spiro atoms. The molecule has 3 rings (SSSR count). The monoisotopic (exact) mass is 365 g/mol. The van der Waals surface area contributed by atoms with Gasteiger partial charge in [0.1, 0.15) is 30.6 Å². The molecule has 1 saturated heterocycles. The van der Waals surface area contributed by atoms with Gasteiger partial charge in [-0.05, 0) is 0 Å². The molecule has 138 valence electrons. The van der Waals surface area contributed by atoms with Gasteiger partial charge >= 0.3 is 11.9 Å². The number of aliphatic hydroxyl groups excluding tert-OH is 1. The van der Waals surface area contributed by atoms with Gasteiger partial charge in [-0.2, -0.15) is 18.2 Å². The average Bonchev–Trinajstić information content (AvgIpc) is 2.94. The number of aliphatic hydroxyl groups is 1. The second-order valence-electron chi connectivity index (χ2n) is 5.84. The zero-order chi connectivity index (χ0) is 18.5. The summed E-state index contributed by atoms with van der Waals surface area (Å²) in [6.07, 6.45) is -7.68. The van der Waals surface area contributed by atoms with Crippen molar-refractivity contribution in [1.29, 1.82) is 0 Å². The first kappa shape index (κ1) is 17.6. The molecule has 0 amide bonds. The van der Waals surface area contributed by atoms with E-state index in [1.54, 1.807) is 0 Å². The number of nitrogen functional groups attached to an aromatic ring is 1. The van der Waals surface area contributed by atoms with Crippen LogP contribution in [0.15, 0.2) is 11.0 Å². The number of fused-ring (bicyclic) bond motifs is 1. The van der Waals surface area contributed by atoms with Crippen molar-refractivity contribution in [3.63, 3.8) is 0 Å². The van der Waals surface area contributed by atoms with Gasteiger partial charge in [0, 0.05) is 5.92 Å². The van der Waals surface area contributed by atoms with Crippen LogP contribution in [0.4, 0.5) is 23.5 Å². The highest BCUT2D eigenvalue weighted by Crippen LogP contribution is 2.37. The van der Waals surface area contributed by atoms with E-state index in [2.05, 4.69) is 9.97 Å². The van der Waals surface area contributed by atoms with Crippen LogP contribution in [0.3, 0.4) is 0 Å².